The lowest BCUT2D eigenvalue weighted by Crippen LogP contribution is -2.32. The SMILES string of the molecule is O=C(C[C@H]1Sc2ccc(C(F)(F)F)cc2NC1=O)Nc1cccc(C(=O)[O-])c1. The van der Waals surface area contributed by atoms with Gasteiger partial charge in [0, 0.05) is 17.0 Å². The first-order valence-electron chi connectivity index (χ1n) is 7.93. The highest BCUT2D eigenvalue weighted by Crippen LogP contribution is 2.40. The van der Waals surface area contributed by atoms with Crippen molar-refractivity contribution in [3.63, 3.8) is 0 Å². The number of carboxylic acids is 1. The molecule has 3 rings (SSSR count). The second-order valence-corrected chi connectivity index (χ2v) is 7.17. The molecule has 28 heavy (non-hydrogen) atoms. The van der Waals surface area contributed by atoms with E-state index in [1.165, 1.54) is 30.3 Å². The van der Waals surface area contributed by atoms with E-state index in [9.17, 15) is 32.7 Å². The third-order valence-corrected chi connectivity index (χ3v) is 5.15. The molecule has 10 heteroatoms. The van der Waals surface area contributed by atoms with E-state index in [0.717, 1.165) is 23.9 Å². The van der Waals surface area contributed by atoms with Crippen molar-refractivity contribution < 1.29 is 32.7 Å². The summed E-state index contributed by atoms with van der Waals surface area (Å²) >= 11 is 0.987. The number of aromatic carboxylic acids is 1. The summed E-state index contributed by atoms with van der Waals surface area (Å²) in [5.41, 5.74) is -0.723. The minimum absolute atomic E-state index is 0.0446. The van der Waals surface area contributed by atoms with Gasteiger partial charge in [0.15, 0.2) is 0 Å². The smallest absolute Gasteiger partial charge is 0.416 e. The lowest BCUT2D eigenvalue weighted by molar-refractivity contribution is -0.255. The number of benzene rings is 2. The van der Waals surface area contributed by atoms with Gasteiger partial charge in [-0.2, -0.15) is 13.2 Å². The lowest BCUT2D eigenvalue weighted by Gasteiger charge is -2.24. The summed E-state index contributed by atoms with van der Waals surface area (Å²) in [6.45, 7) is 0. The number of rotatable bonds is 4. The Morgan fingerprint density at radius 1 is 1.18 bits per heavy atom. The molecular formula is C18H12F3N2O4S-. The number of fused-ring (bicyclic) bond motifs is 1. The number of alkyl halides is 3. The molecule has 2 aromatic carbocycles. The number of hydrogen-bond donors (Lipinski definition) is 2. The van der Waals surface area contributed by atoms with Gasteiger partial charge in [-0.1, -0.05) is 12.1 Å². The number of nitrogens with one attached hydrogen (secondary N) is 2. The van der Waals surface area contributed by atoms with Crippen molar-refractivity contribution in [2.24, 2.45) is 0 Å². The van der Waals surface area contributed by atoms with E-state index in [2.05, 4.69) is 10.6 Å². The first kappa shape index (κ1) is 19.7. The predicted octanol–water partition coefficient (Wildman–Crippen LogP) is 2.51. The predicted molar refractivity (Wildman–Crippen MR) is 93.7 cm³/mol. The zero-order valence-electron chi connectivity index (χ0n) is 14.0. The van der Waals surface area contributed by atoms with Crippen molar-refractivity contribution >= 4 is 40.9 Å². The van der Waals surface area contributed by atoms with Crippen molar-refractivity contribution in [3.8, 4) is 0 Å². The van der Waals surface area contributed by atoms with Crippen LogP contribution in [0.2, 0.25) is 0 Å². The normalized spacial score (nSPS) is 16.1. The Hall–Kier alpha value is -3.01. The van der Waals surface area contributed by atoms with E-state index in [-0.39, 0.29) is 23.4 Å². The highest BCUT2D eigenvalue weighted by molar-refractivity contribution is 8.01. The molecule has 0 aliphatic carbocycles. The average Bonchev–Trinajstić information content (AvgIpc) is 2.61. The van der Waals surface area contributed by atoms with Gasteiger partial charge in [0.2, 0.25) is 11.8 Å². The largest absolute Gasteiger partial charge is 0.545 e. The minimum Gasteiger partial charge on any atom is -0.545 e. The maximum atomic E-state index is 12.8. The number of anilines is 2. The Balaban J connectivity index is 1.69. The van der Waals surface area contributed by atoms with Crippen LogP contribution in [0.5, 0.6) is 0 Å². The highest BCUT2D eigenvalue weighted by atomic mass is 32.2. The summed E-state index contributed by atoms with van der Waals surface area (Å²) in [4.78, 5) is 35.6. The fourth-order valence-corrected chi connectivity index (χ4v) is 3.66. The van der Waals surface area contributed by atoms with Gasteiger partial charge in [0.05, 0.1) is 22.5 Å². The third kappa shape index (κ3) is 4.45. The molecule has 6 nitrogen and oxygen atoms in total. The molecule has 0 aromatic heterocycles. The Morgan fingerprint density at radius 3 is 2.61 bits per heavy atom. The molecule has 146 valence electrons. The van der Waals surface area contributed by atoms with Crippen molar-refractivity contribution in [3.05, 3.63) is 53.6 Å². The Morgan fingerprint density at radius 2 is 1.93 bits per heavy atom. The standard InChI is InChI=1S/C18H13F3N2O4S/c19-18(20,21)10-4-5-13-12(7-10)23-16(25)14(28-13)8-15(24)22-11-3-1-2-9(6-11)17(26)27/h1-7,14H,8H2,(H,22,24)(H,23,25)(H,26,27)/p-1/t14-/m1/s1. The summed E-state index contributed by atoms with van der Waals surface area (Å²) in [7, 11) is 0. The number of carboxylic acid groups (broad SMARTS) is 1. The number of hydrogen-bond acceptors (Lipinski definition) is 5. The molecule has 1 heterocycles. The molecule has 0 radical (unpaired) electrons. The van der Waals surface area contributed by atoms with Crippen molar-refractivity contribution in [1.29, 1.82) is 0 Å². The highest BCUT2D eigenvalue weighted by Gasteiger charge is 2.34. The van der Waals surface area contributed by atoms with Crippen LogP contribution in [0.15, 0.2) is 47.4 Å². The van der Waals surface area contributed by atoms with Crippen molar-refractivity contribution in [1.82, 2.24) is 0 Å². The van der Waals surface area contributed by atoms with E-state index in [1.54, 1.807) is 0 Å². The molecule has 0 saturated carbocycles. The van der Waals surface area contributed by atoms with Crippen LogP contribution in [0.3, 0.4) is 0 Å². The van der Waals surface area contributed by atoms with Gasteiger partial charge in [-0.05, 0) is 35.9 Å². The molecule has 1 atom stereocenters. The van der Waals surface area contributed by atoms with E-state index in [4.69, 9.17) is 0 Å². The maximum Gasteiger partial charge on any atom is 0.416 e. The summed E-state index contributed by atoms with van der Waals surface area (Å²) in [6, 6.07) is 8.44. The lowest BCUT2D eigenvalue weighted by atomic mass is 10.1. The van der Waals surface area contributed by atoms with Gasteiger partial charge in [0.25, 0.3) is 0 Å². The molecule has 1 aliphatic heterocycles. The summed E-state index contributed by atoms with van der Waals surface area (Å²) in [6.07, 6.45) is -4.77. The second kappa shape index (κ2) is 7.55. The van der Waals surface area contributed by atoms with Crippen LogP contribution in [0.25, 0.3) is 0 Å². The molecule has 0 bridgehead atoms. The number of carbonyl (C=O) groups is 3. The summed E-state index contributed by atoms with van der Waals surface area (Å²) in [5.74, 6) is -2.53. The average molecular weight is 409 g/mol. The van der Waals surface area contributed by atoms with Gasteiger partial charge < -0.3 is 20.5 Å². The fraction of sp³-hybridized carbons (Fsp3) is 0.167. The summed E-state index contributed by atoms with van der Waals surface area (Å²) in [5, 5.41) is 14.9. The third-order valence-electron chi connectivity index (χ3n) is 3.88. The quantitative estimate of drug-likeness (QED) is 0.809. The Kier molecular flexibility index (Phi) is 5.32. The van der Waals surface area contributed by atoms with Gasteiger partial charge in [0.1, 0.15) is 0 Å². The first-order chi connectivity index (χ1) is 13.1. The van der Waals surface area contributed by atoms with Crippen LogP contribution < -0.4 is 15.7 Å². The molecule has 2 aromatic rings. The monoisotopic (exact) mass is 409 g/mol. The van der Waals surface area contributed by atoms with Crippen LogP contribution in [0, 0.1) is 0 Å². The van der Waals surface area contributed by atoms with Crippen LogP contribution >= 0.6 is 11.8 Å². The zero-order valence-corrected chi connectivity index (χ0v) is 14.8. The molecule has 0 saturated heterocycles. The molecular weight excluding hydrogens is 397 g/mol. The maximum absolute atomic E-state index is 12.8. The van der Waals surface area contributed by atoms with Crippen molar-refractivity contribution in [2.75, 3.05) is 10.6 Å². The number of halogens is 3. The van der Waals surface area contributed by atoms with E-state index >= 15 is 0 Å². The van der Waals surface area contributed by atoms with Crippen LogP contribution in [0.4, 0.5) is 24.5 Å². The second-order valence-electron chi connectivity index (χ2n) is 5.93. The van der Waals surface area contributed by atoms with Crippen LogP contribution in [-0.2, 0) is 15.8 Å². The van der Waals surface area contributed by atoms with Gasteiger partial charge in [-0.3, -0.25) is 9.59 Å². The van der Waals surface area contributed by atoms with Gasteiger partial charge in [-0.15, -0.1) is 11.8 Å². The van der Waals surface area contributed by atoms with Gasteiger partial charge in [-0.25, -0.2) is 0 Å². The van der Waals surface area contributed by atoms with E-state index in [1.807, 2.05) is 0 Å². The zero-order chi connectivity index (χ0) is 20.5. The molecule has 2 N–H and O–H groups in total. The molecule has 0 spiro atoms. The number of thioether (sulfide) groups is 1. The van der Waals surface area contributed by atoms with Crippen LogP contribution in [0.1, 0.15) is 22.3 Å². The number of amides is 2. The first-order valence-corrected chi connectivity index (χ1v) is 8.81. The van der Waals surface area contributed by atoms with Gasteiger partial charge >= 0.3 is 6.18 Å². The molecule has 1 aliphatic rings. The molecule has 0 unspecified atom stereocenters. The topological polar surface area (TPSA) is 98.3 Å². The molecule has 2 amide bonds. The van der Waals surface area contributed by atoms with E-state index in [0.29, 0.717) is 4.90 Å². The minimum atomic E-state index is -4.53. The molecule has 0 fully saturated rings. The Bertz CT molecular complexity index is 962. The summed E-state index contributed by atoms with van der Waals surface area (Å²) < 4.78 is 38.3. The van der Waals surface area contributed by atoms with Crippen molar-refractivity contribution in [2.45, 2.75) is 22.7 Å². The Labute approximate surface area is 161 Å². The van der Waals surface area contributed by atoms with Crippen LogP contribution in [-0.4, -0.2) is 23.0 Å². The van der Waals surface area contributed by atoms with E-state index < -0.39 is 34.8 Å². The fourth-order valence-electron chi connectivity index (χ4n) is 2.57. The number of carbonyl (C=O) groups excluding carboxylic acids is 3.